The van der Waals surface area contributed by atoms with E-state index in [1.165, 1.54) is 0 Å². The molecule has 0 unspecified atom stereocenters. The van der Waals surface area contributed by atoms with Gasteiger partial charge >= 0.3 is 0 Å². The number of benzene rings is 1. The average Bonchev–Trinajstić information content (AvgIpc) is 2.29. The van der Waals surface area contributed by atoms with E-state index in [9.17, 15) is 4.79 Å². The molecule has 0 aliphatic carbocycles. The lowest BCUT2D eigenvalue weighted by Gasteiger charge is -2.26. The van der Waals surface area contributed by atoms with E-state index in [1.54, 1.807) is 17.0 Å². The molecule has 1 amide bonds. The number of nitrogen functional groups attached to an aromatic ring is 1. The molecule has 96 valence electrons. The van der Waals surface area contributed by atoms with Crippen molar-refractivity contribution in [2.45, 2.75) is 32.7 Å². The molecular formula is C14H19N3O. The number of nitriles is 1. The van der Waals surface area contributed by atoms with Crippen LogP contribution in [0.3, 0.4) is 0 Å². The molecule has 4 nitrogen and oxygen atoms in total. The van der Waals surface area contributed by atoms with E-state index in [1.807, 2.05) is 26.0 Å². The van der Waals surface area contributed by atoms with Gasteiger partial charge in [-0.3, -0.25) is 4.79 Å². The van der Waals surface area contributed by atoms with Crippen molar-refractivity contribution in [1.29, 1.82) is 5.26 Å². The van der Waals surface area contributed by atoms with Gasteiger partial charge in [0.2, 0.25) is 5.91 Å². The van der Waals surface area contributed by atoms with Crippen molar-refractivity contribution in [2.75, 3.05) is 12.3 Å². The highest BCUT2D eigenvalue weighted by Crippen LogP contribution is 2.10. The summed E-state index contributed by atoms with van der Waals surface area (Å²) in [6.07, 6.45) is 0.690. The van der Waals surface area contributed by atoms with Crippen molar-refractivity contribution in [3.8, 4) is 6.07 Å². The first-order valence-electron chi connectivity index (χ1n) is 6.05. The molecule has 2 N–H and O–H groups in total. The quantitative estimate of drug-likeness (QED) is 0.806. The summed E-state index contributed by atoms with van der Waals surface area (Å²) in [6, 6.07) is 9.50. The second-order valence-corrected chi connectivity index (χ2v) is 4.51. The lowest BCUT2D eigenvalue weighted by atomic mass is 10.1. The van der Waals surface area contributed by atoms with Gasteiger partial charge in [0, 0.05) is 18.3 Å². The Bertz CT molecular complexity index is 449. The van der Waals surface area contributed by atoms with E-state index in [2.05, 4.69) is 6.07 Å². The normalized spacial score (nSPS) is 10.1. The van der Waals surface area contributed by atoms with Crippen molar-refractivity contribution < 1.29 is 4.79 Å². The number of carbonyl (C=O) groups excluding carboxylic acids is 1. The largest absolute Gasteiger partial charge is 0.399 e. The minimum Gasteiger partial charge on any atom is -0.399 e. The lowest BCUT2D eigenvalue weighted by Crippen LogP contribution is -2.38. The number of nitrogens with zero attached hydrogens (tertiary/aromatic N) is 2. The first-order valence-corrected chi connectivity index (χ1v) is 6.05. The number of anilines is 1. The summed E-state index contributed by atoms with van der Waals surface area (Å²) in [5.41, 5.74) is 7.25. The van der Waals surface area contributed by atoms with Gasteiger partial charge in [0.05, 0.1) is 18.9 Å². The average molecular weight is 245 g/mol. The molecule has 4 heteroatoms. The van der Waals surface area contributed by atoms with Gasteiger partial charge in [-0.05, 0) is 31.5 Å². The maximum atomic E-state index is 12.1. The summed E-state index contributed by atoms with van der Waals surface area (Å²) in [4.78, 5) is 13.9. The van der Waals surface area contributed by atoms with Crippen LogP contribution in [0.4, 0.5) is 5.69 Å². The van der Waals surface area contributed by atoms with Crippen LogP contribution in [0.1, 0.15) is 25.8 Å². The fraction of sp³-hybridized carbons (Fsp3) is 0.429. The molecule has 1 rings (SSSR count). The first-order chi connectivity index (χ1) is 8.54. The molecule has 0 atom stereocenters. The lowest BCUT2D eigenvalue weighted by molar-refractivity contribution is -0.132. The summed E-state index contributed by atoms with van der Waals surface area (Å²) in [5.74, 6) is 0.0332. The van der Waals surface area contributed by atoms with Crippen LogP contribution in [0, 0.1) is 11.3 Å². The Morgan fingerprint density at radius 1 is 1.50 bits per heavy atom. The van der Waals surface area contributed by atoms with Crippen molar-refractivity contribution in [2.24, 2.45) is 0 Å². The third kappa shape index (κ3) is 4.10. The predicted molar refractivity (Wildman–Crippen MR) is 71.6 cm³/mol. The summed E-state index contributed by atoms with van der Waals surface area (Å²) in [6.45, 7) is 4.39. The van der Waals surface area contributed by atoms with Gasteiger partial charge in [-0.1, -0.05) is 12.1 Å². The van der Waals surface area contributed by atoms with Gasteiger partial charge in [0.25, 0.3) is 0 Å². The van der Waals surface area contributed by atoms with Crippen LogP contribution >= 0.6 is 0 Å². The Hall–Kier alpha value is -2.02. The summed E-state index contributed by atoms with van der Waals surface area (Å²) in [5, 5.41) is 8.60. The number of carbonyl (C=O) groups is 1. The second kappa shape index (κ2) is 6.65. The molecule has 0 aliphatic heterocycles. The van der Waals surface area contributed by atoms with Crippen LogP contribution in [-0.4, -0.2) is 23.4 Å². The molecule has 0 heterocycles. The number of hydrogen-bond acceptors (Lipinski definition) is 3. The number of rotatable bonds is 5. The van der Waals surface area contributed by atoms with Gasteiger partial charge in [0.1, 0.15) is 0 Å². The fourth-order valence-electron chi connectivity index (χ4n) is 1.82. The summed E-state index contributed by atoms with van der Waals surface area (Å²) < 4.78 is 0. The molecule has 1 aromatic carbocycles. The highest BCUT2D eigenvalue weighted by molar-refractivity contribution is 5.79. The molecule has 0 radical (unpaired) electrons. The zero-order chi connectivity index (χ0) is 13.5. The number of amides is 1. The Labute approximate surface area is 108 Å². The molecule has 0 saturated heterocycles. The SMILES string of the molecule is CC(C)N(CCC#N)C(=O)Cc1cccc(N)c1. The molecular weight excluding hydrogens is 226 g/mol. The molecule has 1 aromatic rings. The monoisotopic (exact) mass is 245 g/mol. The van der Waals surface area contributed by atoms with Gasteiger partial charge in [-0.2, -0.15) is 5.26 Å². The standard InChI is InChI=1S/C14H19N3O/c1-11(2)17(8-4-7-15)14(18)10-12-5-3-6-13(16)9-12/h3,5-6,9,11H,4,8,10,16H2,1-2H3. The minimum atomic E-state index is 0.0332. The third-order valence-corrected chi connectivity index (χ3v) is 2.71. The van der Waals surface area contributed by atoms with Crippen molar-refractivity contribution in [1.82, 2.24) is 4.90 Å². The van der Waals surface area contributed by atoms with Crippen LogP contribution in [0.2, 0.25) is 0 Å². The van der Waals surface area contributed by atoms with Crippen molar-refractivity contribution in [3.63, 3.8) is 0 Å². The Balaban J connectivity index is 2.70. The fourth-order valence-corrected chi connectivity index (χ4v) is 1.82. The van der Waals surface area contributed by atoms with Crippen LogP contribution in [0.25, 0.3) is 0 Å². The maximum Gasteiger partial charge on any atom is 0.227 e. The smallest absolute Gasteiger partial charge is 0.227 e. The van der Waals surface area contributed by atoms with Crippen molar-refractivity contribution >= 4 is 11.6 Å². The summed E-state index contributed by atoms with van der Waals surface area (Å²) in [7, 11) is 0. The molecule has 0 aliphatic rings. The van der Waals surface area contributed by atoms with Crippen LogP contribution in [-0.2, 0) is 11.2 Å². The van der Waals surface area contributed by atoms with Crippen LogP contribution in [0.5, 0.6) is 0 Å². The highest BCUT2D eigenvalue weighted by atomic mass is 16.2. The third-order valence-electron chi connectivity index (χ3n) is 2.71. The number of nitrogens with two attached hydrogens (primary N) is 1. The van der Waals surface area contributed by atoms with Gasteiger partial charge in [0.15, 0.2) is 0 Å². The molecule has 18 heavy (non-hydrogen) atoms. The number of hydrogen-bond donors (Lipinski definition) is 1. The topological polar surface area (TPSA) is 70.1 Å². The van der Waals surface area contributed by atoms with Crippen LogP contribution in [0.15, 0.2) is 24.3 Å². The zero-order valence-corrected chi connectivity index (χ0v) is 10.9. The summed E-state index contributed by atoms with van der Waals surface area (Å²) >= 11 is 0. The van der Waals surface area contributed by atoms with E-state index in [4.69, 9.17) is 11.0 Å². The van der Waals surface area contributed by atoms with Gasteiger partial charge < -0.3 is 10.6 Å². The second-order valence-electron chi connectivity index (χ2n) is 4.51. The van der Waals surface area contributed by atoms with Crippen LogP contribution < -0.4 is 5.73 Å². The van der Waals surface area contributed by atoms with E-state index in [0.717, 1.165) is 5.56 Å². The van der Waals surface area contributed by atoms with E-state index in [0.29, 0.717) is 25.1 Å². The minimum absolute atomic E-state index is 0.0332. The molecule has 0 saturated carbocycles. The van der Waals surface area contributed by atoms with E-state index < -0.39 is 0 Å². The van der Waals surface area contributed by atoms with Crippen molar-refractivity contribution in [3.05, 3.63) is 29.8 Å². The maximum absolute atomic E-state index is 12.1. The first kappa shape index (κ1) is 14.0. The molecule has 0 aromatic heterocycles. The molecule has 0 fully saturated rings. The van der Waals surface area contributed by atoms with E-state index >= 15 is 0 Å². The van der Waals surface area contributed by atoms with Gasteiger partial charge in [-0.15, -0.1) is 0 Å². The Morgan fingerprint density at radius 3 is 2.78 bits per heavy atom. The molecule has 0 spiro atoms. The predicted octanol–water partition coefficient (Wildman–Crippen LogP) is 1.96. The van der Waals surface area contributed by atoms with Gasteiger partial charge in [-0.25, -0.2) is 0 Å². The zero-order valence-electron chi connectivity index (χ0n) is 10.9. The molecule has 0 bridgehead atoms. The highest BCUT2D eigenvalue weighted by Gasteiger charge is 2.16. The Kier molecular flexibility index (Phi) is 5.19. The van der Waals surface area contributed by atoms with E-state index in [-0.39, 0.29) is 11.9 Å². The Morgan fingerprint density at radius 2 is 2.22 bits per heavy atom.